The lowest BCUT2D eigenvalue weighted by atomic mass is 10.1. The fourth-order valence-corrected chi connectivity index (χ4v) is 2.99. The molecule has 1 saturated heterocycles. The fraction of sp³-hybridized carbons (Fsp3) is 0.500. The van der Waals surface area contributed by atoms with Crippen molar-refractivity contribution in [2.45, 2.75) is 19.1 Å². The number of hydrogen-bond donors (Lipinski definition) is 2. The smallest absolute Gasteiger partial charge is 0.250 e. The fourth-order valence-electron chi connectivity index (χ4n) is 2.99. The quantitative estimate of drug-likeness (QED) is 0.794. The molecule has 0 radical (unpaired) electrons. The van der Waals surface area contributed by atoms with Crippen molar-refractivity contribution in [3.63, 3.8) is 0 Å². The highest BCUT2D eigenvalue weighted by atomic mass is 16.5. The van der Waals surface area contributed by atoms with Crippen molar-refractivity contribution < 1.29 is 9.53 Å². The van der Waals surface area contributed by atoms with Crippen LogP contribution in [0, 0.1) is 0 Å². The monoisotopic (exact) mass is 315 g/mol. The van der Waals surface area contributed by atoms with Gasteiger partial charge in [-0.05, 0) is 18.5 Å². The summed E-state index contributed by atoms with van der Waals surface area (Å²) in [5.41, 5.74) is 2.57. The van der Waals surface area contributed by atoms with Crippen LogP contribution in [0.3, 0.4) is 0 Å². The Hall–Kier alpha value is -1.69. The van der Waals surface area contributed by atoms with Crippen molar-refractivity contribution in [1.29, 1.82) is 0 Å². The van der Waals surface area contributed by atoms with E-state index >= 15 is 0 Å². The predicted molar refractivity (Wildman–Crippen MR) is 90.0 cm³/mol. The molecule has 2 heterocycles. The number of ether oxygens (including phenoxy) is 1. The largest absolute Gasteiger partial charge is 0.366 e. The van der Waals surface area contributed by atoms with Gasteiger partial charge in [0.05, 0.1) is 6.61 Å². The van der Waals surface area contributed by atoms with Gasteiger partial charge in [-0.3, -0.25) is 9.69 Å². The second-order valence-corrected chi connectivity index (χ2v) is 6.11. The molecule has 1 atom stereocenters. The van der Waals surface area contributed by atoms with Crippen LogP contribution < -0.4 is 10.6 Å². The highest BCUT2D eigenvalue weighted by Crippen LogP contribution is 2.11. The lowest BCUT2D eigenvalue weighted by Gasteiger charge is -2.32. The maximum atomic E-state index is 12.3. The molecule has 1 aromatic carbocycles. The molecule has 0 aromatic heterocycles. The first-order valence-electron chi connectivity index (χ1n) is 8.35. The van der Waals surface area contributed by atoms with Crippen LogP contribution in [-0.4, -0.2) is 56.2 Å². The van der Waals surface area contributed by atoms with Crippen LogP contribution in [0.1, 0.15) is 12.0 Å². The van der Waals surface area contributed by atoms with Crippen molar-refractivity contribution in [3.8, 4) is 0 Å². The number of amides is 1. The molecule has 5 heteroatoms. The van der Waals surface area contributed by atoms with Crippen LogP contribution in [0.15, 0.2) is 42.0 Å². The summed E-state index contributed by atoms with van der Waals surface area (Å²) in [4.78, 5) is 14.6. The summed E-state index contributed by atoms with van der Waals surface area (Å²) in [5, 5.41) is 6.29. The van der Waals surface area contributed by atoms with Gasteiger partial charge in [0.25, 0.3) is 5.91 Å². The minimum absolute atomic E-state index is 0.00203. The summed E-state index contributed by atoms with van der Waals surface area (Å²) in [7, 11) is 0. The molecular weight excluding hydrogens is 290 g/mol. The predicted octanol–water partition coefficient (Wildman–Crippen LogP) is 0.923. The van der Waals surface area contributed by atoms with Gasteiger partial charge in [-0.2, -0.15) is 0 Å². The zero-order valence-corrected chi connectivity index (χ0v) is 13.5. The number of carbonyl (C=O) groups excluding carboxylic acids is 1. The Morgan fingerprint density at radius 3 is 3.00 bits per heavy atom. The zero-order chi connectivity index (χ0) is 15.9. The van der Waals surface area contributed by atoms with Crippen molar-refractivity contribution in [2.75, 3.05) is 39.3 Å². The molecule has 0 aliphatic carbocycles. The Kier molecular flexibility index (Phi) is 5.80. The van der Waals surface area contributed by atoms with Crippen molar-refractivity contribution in [1.82, 2.24) is 15.5 Å². The molecule has 0 saturated carbocycles. The first kappa shape index (κ1) is 16.2. The summed E-state index contributed by atoms with van der Waals surface area (Å²) in [6.07, 6.45) is 2.80. The van der Waals surface area contributed by atoms with Gasteiger partial charge in [0.2, 0.25) is 0 Å². The van der Waals surface area contributed by atoms with E-state index in [4.69, 9.17) is 4.74 Å². The Balaban J connectivity index is 1.47. The summed E-state index contributed by atoms with van der Waals surface area (Å²) >= 11 is 0. The van der Waals surface area contributed by atoms with Crippen LogP contribution in [-0.2, 0) is 16.1 Å². The standard InChI is InChI=1S/C18H25N3O2/c22-18(20-12-15-6-8-19-9-7-15)17-14-21(10-11-23-17)13-16-4-2-1-3-5-16/h1-6,17,19H,7-14H2,(H,20,22). The topological polar surface area (TPSA) is 53.6 Å². The van der Waals surface area contributed by atoms with Crippen molar-refractivity contribution >= 4 is 5.91 Å². The Labute approximate surface area is 137 Å². The van der Waals surface area contributed by atoms with Gasteiger partial charge < -0.3 is 15.4 Å². The molecule has 1 aromatic rings. The third-order valence-corrected chi connectivity index (χ3v) is 4.34. The van der Waals surface area contributed by atoms with Crippen LogP contribution >= 0.6 is 0 Å². The van der Waals surface area contributed by atoms with Gasteiger partial charge in [0, 0.05) is 32.7 Å². The van der Waals surface area contributed by atoms with E-state index in [0.29, 0.717) is 19.7 Å². The number of nitrogens with zero attached hydrogens (tertiary/aromatic N) is 1. The maximum absolute atomic E-state index is 12.3. The second-order valence-electron chi connectivity index (χ2n) is 6.11. The lowest BCUT2D eigenvalue weighted by molar-refractivity contribution is -0.138. The van der Waals surface area contributed by atoms with Crippen molar-refractivity contribution in [2.24, 2.45) is 0 Å². The minimum atomic E-state index is -0.366. The van der Waals surface area contributed by atoms with Crippen LogP contribution in [0.4, 0.5) is 0 Å². The summed E-state index contributed by atoms with van der Waals surface area (Å²) in [6.45, 7) is 5.53. The number of benzene rings is 1. The molecule has 2 N–H and O–H groups in total. The second kappa shape index (κ2) is 8.24. The normalized spacial score (nSPS) is 22.4. The summed E-state index contributed by atoms with van der Waals surface area (Å²) in [5.74, 6) is 0.00203. The van der Waals surface area contributed by atoms with E-state index in [-0.39, 0.29) is 12.0 Å². The number of hydrogen-bond acceptors (Lipinski definition) is 4. The van der Waals surface area contributed by atoms with E-state index in [2.05, 4.69) is 33.7 Å². The highest BCUT2D eigenvalue weighted by Gasteiger charge is 2.26. The first-order chi connectivity index (χ1) is 11.3. The Bertz CT molecular complexity index is 544. The van der Waals surface area contributed by atoms with Crippen LogP contribution in [0.25, 0.3) is 0 Å². The van der Waals surface area contributed by atoms with Gasteiger partial charge in [0.15, 0.2) is 0 Å². The molecule has 0 spiro atoms. The molecule has 0 bridgehead atoms. The van der Waals surface area contributed by atoms with E-state index in [0.717, 1.165) is 32.6 Å². The molecule has 5 nitrogen and oxygen atoms in total. The van der Waals surface area contributed by atoms with E-state index < -0.39 is 0 Å². The van der Waals surface area contributed by atoms with Gasteiger partial charge in [0.1, 0.15) is 6.10 Å². The molecule has 23 heavy (non-hydrogen) atoms. The Morgan fingerprint density at radius 2 is 2.22 bits per heavy atom. The van der Waals surface area contributed by atoms with Gasteiger partial charge in [-0.1, -0.05) is 42.0 Å². The molecule has 1 amide bonds. The summed E-state index contributed by atoms with van der Waals surface area (Å²) < 4.78 is 5.66. The zero-order valence-electron chi connectivity index (χ0n) is 13.5. The van der Waals surface area contributed by atoms with Crippen LogP contribution in [0.5, 0.6) is 0 Å². The maximum Gasteiger partial charge on any atom is 0.250 e. The molecule has 1 fully saturated rings. The molecular formula is C18H25N3O2. The molecule has 124 valence electrons. The number of morpholine rings is 1. The van der Waals surface area contributed by atoms with E-state index in [1.807, 2.05) is 18.2 Å². The lowest BCUT2D eigenvalue weighted by Crippen LogP contribution is -2.49. The van der Waals surface area contributed by atoms with Gasteiger partial charge in [-0.15, -0.1) is 0 Å². The number of rotatable bonds is 5. The minimum Gasteiger partial charge on any atom is -0.366 e. The van der Waals surface area contributed by atoms with Crippen LogP contribution in [0.2, 0.25) is 0 Å². The molecule has 3 rings (SSSR count). The highest BCUT2D eigenvalue weighted by molar-refractivity contribution is 5.81. The van der Waals surface area contributed by atoms with Gasteiger partial charge >= 0.3 is 0 Å². The number of nitrogens with one attached hydrogen (secondary N) is 2. The van der Waals surface area contributed by atoms with Crippen molar-refractivity contribution in [3.05, 3.63) is 47.5 Å². The molecule has 1 unspecified atom stereocenters. The average Bonchev–Trinajstić information content (AvgIpc) is 2.62. The molecule has 2 aliphatic heterocycles. The number of carbonyl (C=O) groups is 1. The SMILES string of the molecule is O=C(NCC1=CCNCC1)C1CN(Cc2ccccc2)CCO1. The van der Waals surface area contributed by atoms with E-state index in [9.17, 15) is 4.79 Å². The third-order valence-electron chi connectivity index (χ3n) is 4.34. The first-order valence-corrected chi connectivity index (χ1v) is 8.35. The third kappa shape index (κ3) is 4.89. The van der Waals surface area contributed by atoms with E-state index in [1.165, 1.54) is 11.1 Å². The van der Waals surface area contributed by atoms with Gasteiger partial charge in [-0.25, -0.2) is 0 Å². The Morgan fingerprint density at radius 1 is 1.35 bits per heavy atom. The molecule has 2 aliphatic rings. The van der Waals surface area contributed by atoms with E-state index in [1.54, 1.807) is 0 Å². The average molecular weight is 315 g/mol. The summed E-state index contributed by atoms with van der Waals surface area (Å²) in [6, 6.07) is 10.4.